The third kappa shape index (κ3) is 11.3. The lowest BCUT2D eigenvalue weighted by Gasteiger charge is -2.28. The normalized spacial score (nSPS) is 12.5. The van der Waals surface area contributed by atoms with E-state index in [0.717, 1.165) is 55.9 Å². The van der Waals surface area contributed by atoms with Crippen LogP contribution >= 0.6 is 0 Å². The highest BCUT2D eigenvalue weighted by Gasteiger charge is 2.41. The molecule has 0 saturated carbocycles. The Bertz CT molecular complexity index is 2020. The molecule has 0 bridgehead atoms. The zero-order chi connectivity index (χ0) is 42.2. The Morgan fingerprint density at radius 1 is 0.417 bits per heavy atom. The molecule has 12 nitrogen and oxygen atoms in total. The van der Waals surface area contributed by atoms with Crippen LogP contribution in [-0.2, 0) is 39.6 Å². The molecule has 0 unspecified atom stereocenters. The fourth-order valence-electron chi connectivity index (χ4n) is 7.32. The van der Waals surface area contributed by atoms with Gasteiger partial charge in [-0.1, -0.05) is 120 Å². The lowest BCUT2D eigenvalue weighted by molar-refractivity contribution is 0.0691. The monoisotopic (exact) mass is 846 g/mol. The predicted molar refractivity (Wildman–Crippen MR) is 240 cm³/mol. The van der Waals surface area contributed by atoms with Crippen molar-refractivity contribution >= 4 is 28.8 Å². The number of hydrogen-bond acceptors (Lipinski definition) is 10. The minimum absolute atomic E-state index is 0.533. The van der Waals surface area contributed by atoms with Crippen molar-refractivity contribution in [2.24, 2.45) is 0 Å². The van der Waals surface area contributed by atoms with Crippen LogP contribution in [0.1, 0.15) is 63.8 Å². The van der Waals surface area contributed by atoms with Gasteiger partial charge in [0.05, 0.1) is 12.4 Å². The van der Waals surface area contributed by atoms with Crippen molar-refractivity contribution < 1.29 is 26.6 Å². The molecule has 0 radical (unpaired) electrons. The Balaban J connectivity index is 1.30. The van der Waals surface area contributed by atoms with Crippen LogP contribution in [0.5, 0.6) is 0 Å². The van der Waals surface area contributed by atoms with Gasteiger partial charge in [0.25, 0.3) is 0 Å². The second-order valence-electron chi connectivity index (χ2n) is 13.8. The van der Waals surface area contributed by atoms with Gasteiger partial charge in [-0.05, 0) is 74.9 Å². The fraction of sp³-hybridized carbons (Fsp3) is 0.348. The SMILES string of the molecule is CCO[Si](CCn1cc(-c2ccc(C(=C(c3ccccc3)c3ccc(-c4cn(CC[Si](OCC)(OCC)OCC)nn4)cc3)c3ccccc3)cc2)nn1)(OCC)OCC. The highest BCUT2D eigenvalue weighted by Crippen LogP contribution is 2.38. The van der Waals surface area contributed by atoms with Gasteiger partial charge in [0.15, 0.2) is 0 Å². The van der Waals surface area contributed by atoms with Crippen molar-refractivity contribution in [1.29, 1.82) is 0 Å². The van der Waals surface area contributed by atoms with Crippen LogP contribution in [0.3, 0.4) is 0 Å². The van der Waals surface area contributed by atoms with E-state index in [1.54, 1.807) is 0 Å². The molecule has 0 aliphatic heterocycles. The lowest BCUT2D eigenvalue weighted by atomic mass is 9.85. The minimum Gasteiger partial charge on any atom is -0.374 e. The summed E-state index contributed by atoms with van der Waals surface area (Å²) in [4.78, 5) is 0. The molecule has 14 heteroatoms. The molecule has 0 aliphatic carbocycles. The van der Waals surface area contributed by atoms with Crippen LogP contribution in [0.4, 0.5) is 0 Å². The van der Waals surface area contributed by atoms with Crippen molar-refractivity contribution in [3.05, 3.63) is 144 Å². The molecule has 60 heavy (non-hydrogen) atoms. The van der Waals surface area contributed by atoms with Crippen molar-refractivity contribution in [1.82, 2.24) is 30.0 Å². The highest BCUT2D eigenvalue weighted by molar-refractivity contribution is 6.61. The van der Waals surface area contributed by atoms with E-state index in [1.165, 1.54) is 0 Å². The van der Waals surface area contributed by atoms with Gasteiger partial charge >= 0.3 is 17.6 Å². The highest BCUT2D eigenvalue weighted by atomic mass is 28.4. The molecule has 0 N–H and O–H groups in total. The van der Waals surface area contributed by atoms with Crippen molar-refractivity contribution in [3.63, 3.8) is 0 Å². The van der Waals surface area contributed by atoms with Crippen molar-refractivity contribution in [2.75, 3.05) is 39.6 Å². The molecule has 2 heterocycles. The molecule has 316 valence electrons. The average Bonchev–Trinajstić information content (AvgIpc) is 3.96. The Morgan fingerprint density at radius 2 is 0.717 bits per heavy atom. The van der Waals surface area contributed by atoms with Crippen molar-refractivity contribution in [2.45, 2.75) is 66.7 Å². The van der Waals surface area contributed by atoms with Crippen LogP contribution in [0, 0.1) is 0 Å². The summed E-state index contributed by atoms with van der Waals surface area (Å²) in [6, 6.07) is 39.5. The smallest absolute Gasteiger partial charge is 0.374 e. The number of nitrogens with zero attached hydrogens (tertiary/aromatic N) is 6. The summed E-state index contributed by atoms with van der Waals surface area (Å²) >= 11 is 0. The molecule has 0 saturated heterocycles. The number of rotatable bonds is 24. The van der Waals surface area contributed by atoms with Gasteiger partial charge in [-0.2, -0.15) is 0 Å². The van der Waals surface area contributed by atoms with Crippen LogP contribution < -0.4 is 0 Å². The zero-order valence-corrected chi connectivity index (χ0v) is 37.8. The first-order chi connectivity index (χ1) is 29.4. The third-order valence-electron chi connectivity index (χ3n) is 9.87. The van der Waals surface area contributed by atoms with Crippen LogP contribution in [0.25, 0.3) is 33.7 Å². The van der Waals surface area contributed by atoms with E-state index in [-0.39, 0.29) is 0 Å². The standard InChI is InChI=1S/C46H58N6O6Si2/c1-7-53-59(54-8-2,55-9-3)33-31-51-35-43(47-49-51)37-23-27-41(28-24-37)45(39-19-15-13-16-20-39)46(40-21-17-14-18-22-40)42-29-25-38(26-30-42)44-36-52(50-48-44)32-34-60(56-10-4,57-11-5)58-12-6/h13-30,35-36H,7-12,31-34H2,1-6H3. The summed E-state index contributed by atoms with van der Waals surface area (Å²) in [5.74, 6) is 0. The first-order valence-corrected chi connectivity index (χ1v) is 25.0. The van der Waals surface area contributed by atoms with Gasteiger partial charge in [-0.25, -0.2) is 0 Å². The molecule has 0 aliphatic rings. The molecule has 0 atom stereocenters. The molecule has 4 aromatic carbocycles. The zero-order valence-electron chi connectivity index (χ0n) is 35.8. The fourth-order valence-corrected chi connectivity index (χ4v) is 12.3. The van der Waals surface area contributed by atoms with E-state index in [2.05, 4.69) is 118 Å². The minimum atomic E-state index is -2.81. The summed E-state index contributed by atoms with van der Waals surface area (Å²) in [6.45, 7) is 16.2. The summed E-state index contributed by atoms with van der Waals surface area (Å²) in [6.07, 6.45) is 3.94. The molecule has 0 spiro atoms. The number of hydrogen-bond donors (Lipinski definition) is 0. The van der Waals surface area contributed by atoms with Crippen LogP contribution in [-0.4, -0.2) is 87.2 Å². The maximum absolute atomic E-state index is 6.05. The summed E-state index contributed by atoms with van der Waals surface area (Å²) in [5, 5.41) is 18.0. The molecule has 2 aromatic heterocycles. The Morgan fingerprint density at radius 3 is 1.02 bits per heavy atom. The van der Waals surface area contributed by atoms with Crippen LogP contribution in [0.2, 0.25) is 12.1 Å². The van der Waals surface area contributed by atoms with Gasteiger partial charge in [-0.3, -0.25) is 9.36 Å². The van der Waals surface area contributed by atoms with E-state index in [9.17, 15) is 0 Å². The maximum Gasteiger partial charge on any atom is 0.502 e. The molecule has 0 fully saturated rings. The molecule has 6 aromatic rings. The second kappa shape index (κ2) is 22.1. The summed E-state index contributed by atoms with van der Waals surface area (Å²) in [5.41, 5.74) is 10.1. The average molecular weight is 847 g/mol. The third-order valence-corrected chi connectivity index (χ3v) is 15.9. The summed E-state index contributed by atoms with van der Waals surface area (Å²) < 4.78 is 40.0. The van der Waals surface area contributed by atoms with Gasteiger partial charge in [0.1, 0.15) is 11.4 Å². The van der Waals surface area contributed by atoms with Gasteiger partial charge in [0, 0.05) is 75.9 Å². The Labute approximate surface area is 356 Å². The van der Waals surface area contributed by atoms with E-state index in [0.29, 0.717) is 64.8 Å². The molecular weight excluding hydrogens is 789 g/mol. The maximum atomic E-state index is 6.05. The van der Waals surface area contributed by atoms with Gasteiger partial charge in [-0.15, -0.1) is 10.2 Å². The number of aryl methyl sites for hydroxylation is 2. The first kappa shape index (κ1) is 44.6. The molecular formula is C46H58N6O6Si2. The summed E-state index contributed by atoms with van der Waals surface area (Å²) in [7, 11) is -5.63. The van der Waals surface area contributed by atoms with Gasteiger partial charge in [0.2, 0.25) is 0 Å². The van der Waals surface area contributed by atoms with Gasteiger partial charge < -0.3 is 26.6 Å². The van der Waals surface area contributed by atoms with Crippen LogP contribution in [0.15, 0.2) is 122 Å². The van der Waals surface area contributed by atoms with Crippen molar-refractivity contribution in [3.8, 4) is 22.5 Å². The quantitative estimate of drug-likeness (QED) is 0.0431. The number of aromatic nitrogens is 6. The van der Waals surface area contributed by atoms with E-state index < -0.39 is 17.6 Å². The van der Waals surface area contributed by atoms with E-state index in [1.807, 2.05) is 75.4 Å². The second-order valence-corrected chi connectivity index (χ2v) is 19.3. The van der Waals surface area contributed by atoms with E-state index >= 15 is 0 Å². The predicted octanol–water partition coefficient (Wildman–Crippen LogP) is 9.31. The lowest BCUT2D eigenvalue weighted by Crippen LogP contribution is -2.46. The Hall–Kier alpha value is -4.91. The topological polar surface area (TPSA) is 117 Å². The number of benzene rings is 4. The first-order valence-electron chi connectivity index (χ1n) is 21.1. The molecule has 6 rings (SSSR count). The largest absolute Gasteiger partial charge is 0.502 e. The Kier molecular flexibility index (Phi) is 16.4. The van der Waals surface area contributed by atoms with E-state index in [4.69, 9.17) is 26.6 Å². The molecule has 0 amide bonds.